The molecule has 1 aromatic carbocycles. The Hall–Kier alpha value is -2.01. The molecule has 0 aliphatic heterocycles. The first-order chi connectivity index (χ1) is 9.65. The summed E-state index contributed by atoms with van der Waals surface area (Å²) in [6, 6.07) is 7.41. The van der Waals surface area contributed by atoms with Gasteiger partial charge in [-0.1, -0.05) is 29.8 Å². The van der Waals surface area contributed by atoms with E-state index in [2.05, 4.69) is 5.10 Å². The summed E-state index contributed by atoms with van der Waals surface area (Å²) in [5.74, 6) is 0.761. The second kappa shape index (κ2) is 6.43. The van der Waals surface area contributed by atoms with Gasteiger partial charge in [-0.25, -0.2) is 4.79 Å². The van der Waals surface area contributed by atoms with Crippen molar-refractivity contribution in [3.63, 3.8) is 0 Å². The lowest BCUT2D eigenvalue weighted by Gasteiger charge is -2.21. The van der Waals surface area contributed by atoms with Crippen LogP contribution >= 0.6 is 11.6 Å². The summed E-state index contributed by atoms with van der Waals surface area (Å²) in [6.45, 7) is 2.93. The number of benzene rings is 1. The number of halogens is 1. The molecule has 0 atom stereocenters. The molecule has 2 rings (SSSR count). The van der Waals surface area contributed by atoms with Gasteiger partial charge in [0, 0.05) is 12.1 Å². The van der Waals surface area contributed by atoms with Gasteiger partial charge in [-0.05, 0) is 13.0 Å². The van der Waals surface area contributed by atoms with Gasteiger partial charge in [0.25, 0.3) is 0 Å². The van der Waals surface area contributed by atoms with Gasteiger partial charge in [0.2, 0.25) is 0 Å². The maximum Gasteiger partial charge on any atom is 0.344 e. The van der Waals surface area contributed by atoms with Crippen LogP contribution in [0.15, 0.2) is 36.7 Å². The van der Waals surface area contributed by atoms with Crippen molar-refractivity contribution in [1.29, 1.82) is 0 Å². The molecule has 0 spiro atoms. The zero-order chi connectivity index (χ0) is 14.5. The molecule has 20 heavy (non-hydrogen) atoms. The Morgan fingerprint density at radius 3 is 2.80 bits per heavy atom. The van der Waals surface area contributed by atoms with E-state index in [1.807, 2.05) is 31.2 Å². The Labute approximate surface area is 122 Å². The molecule has 0 fully saturated rings. The summed E-state index contributed by atoms with van der Waals surface area (Å²) < 4.78 is 6.54. The second-order valence-electron chi connectivity index (χ2n) is 4.21. The van der Waals surface area contributed by atoms with Crippen molar-refractivity contribution >= 4 is 17.6 Å². The Morgan fingerprint density at radius 2 is 2.20 bits per heavy atom. The van der Waals surface area contributed by atoms with Crippen molar-refractivity contribution in [3.8, 4) is 5.75 Å². The van der Waals surface area contributed by atoms with E-state index in [-0.39, 0.29) is 6.03 Å². The molecule has 0 N–H and O–H groups in total. The summed E-state index contributed by atoms with van der Waals surface area (Å²) in [5.41, 5.74) is 0.948. The molecule has 1 amide bonds. The number of carbonyl (C=O) groups excluding carboxylic acids is 1. The highest BCUT2D eigenvalue weighted by atomic mass is 35.5. The highest BCUT2D eigenvalue weighted by Crippen LogP contribution is 2.19. The smallest absolute Gasteiger partial charge is 0.344 e. The fraction of sp³-hybridized carbons (Fsp3) is 0.286. The van der Waals surface area contributed by atoms with E-state index in [4.69, 9.17) is 16.3 Å². The third-order valence-electron chi connectivity index (χ3n) is 2.95. The van der Waals surface area contributed by atoms with E-state index in [0.29, 0.717) is 18.1 Å². The van der Waals surface area contributed by atoms with Gasteiger partial charge in [-0.2, -0.15) is 9.78 Å². The minimum atomic E-state index is -0.217. The number of hydrogen-bond acceptors (Lipinski definition) is 3. The Kier molecular flexibility index (Phi) is 4.63. The molecule has 6 heteroatoms. The molecular weight excluding hydrogens is 278 g/mol. The first-order valence-corrected chi connectivity index (χ1v) is 6.64. The first kappa shape index (κ1) is 14.4. The molecule has 1 aromatic heterocycles. The number of amides is 1. The molecule has 5 nitrogen and oxygen atoms in total. The SMILES string of the molecule is CCN(Cc1ccccc1OC)C(=O)n1cc(Cl)cn1. The fourth-order valence-corrected chi connectivity index (χ4v) is 2.04. The van der Waals surface area contributed by atoms with Crippen molar-refractivity contribution in [1.82, 2.24) is 14.7 Å². The van der Waals surface area contributed by atoms with Crippen LogP contribution in [0.4, 0.5) is 4.79 Å². The van der Waals surface area contributed by atoms with Crippen LogP contribution in [-0.4, -0.2) is 34.4 Å². The Balaban J connectivity index is 2.18. The van der Waals surface area contributed by atoms with E-state index < -0.39 is 0 Å². The van der Waals surface area contributed by atoms with Crippen LogP contribution in [0.5, 0.6) is 5.75 Å². The summed E-state index contributed by atoms with van der Waals surface area (Å²) in [5, 5.41) is 4.37. The normalized spacial score (nSPS) is 10.3. The molecule has 0 saturated heterocycles. The van der Waals surface area contributed by atoms with Crippen molar-refractivity contribution in [3.05, 3.63) is 47.2 Å². The topological polar surface area (TPSA) is 47.4 Å². The van der Waals surface area contributed by atoms with Crippen LogP contribution in [0.2, 0.25) is 5.02 Å². The van der Waals surface area contributed by atoms with Crippen molar-refractivity contribution in [2.75, 3.05) is 13.7 Å². The highest BCUT2D eigenvalue weighted by Gasteiger charge is 2.16. The van der Waals surface area contributed by atoms with Gasteiger partial charge < -0.3 is 9.64 Å². The molecule has 0 aliphatic carbocycles. The number of hydrogen-bond donors (Lipinski definition) is 0. The molecule has 0 bridgehead atoms. The lowest BCUT2D eigenvalue weighted by Crippen LogP contribution is -2.34. The average molecular weight is 294 g/mol. The summed E-state index contributed by atoms with van der Waals surface area (Å²) in [6.07, 6.45) is 2.94. The van der Waals surface area contributed by atoms with Crippen molar-refractivity contribution < 1.29 is 9.53 Å². The molecular formula is C14H16ClN3O2. The molecule has 0 radical (unpaired) electrons. The van der Waals surface area contributed by atoms with Crippen LogP contribution in [0.1, 0.15) is 12.5 Å². The third-order valence-corrected chi connectivity index (χ3v) is 3.15. The Bertz CT molecular complexity index is 598. The number of ether oxygens (including phenoxy) is 1. The van der Waals surface area contributed by atoms with Gasteiger partial charge in [0.15, 0.2) is 0 Å². The molecule has 1 heterocycles. The molecule has 106 valence electrons. The van der Waals surface area contributed by atoms with Crippen LogP contribution in [-0.2, 0) is 6.54 Å². The highest BCUT2D eigenvalue weighted by molar-refractivity contribution is 6.30. The summed E-state index contributed by atoms with van der Waals surface area (Å²) >= 11 is 5.79. The minimum Gasteiger partial charge on any atom is -0.496 e. The van der Waals surface area contributed by atoms with Gasteiger partial charge in [0.1, 0.15) is 5.75 Å². The maximum atomic E-state index is 12.3. The first-order valence-electron chi connectivity index (χ1n) is 6.27. The zero-order valence-electron chi connectivity index (χ0n) is 11.4. The number of nitrogens with zero attached hydrogens (tertiary/aromatic N) is 3. The number of methoxy groups -OCH3 is 1. The maximum absolute atomic E-state index is 12.3. The predicted molar refractivity (Wildman–Crippen MR) is 77.1 cm³/mol. The predicted octanol–water partition coefficient (Wildman–Crippen LogP) is 3.04. The summed E-state index contributed by atoms with van der Waals surface area (Å²) in [4.78, 5) is 14.0. The van der Waals surface area contributed by atoms with E-state index >= 15 is 0 Å². The van der Waals surface area contributed by atoms with Crippen LogP contribution in [0.3, 0.4) is 0 Å². The number of carbonyl (C=O) groups is 1. The van der Waals surface area contributed by atoms with Gasteiger partial charge in [0.05, 0.1) is 31.1 Å². The van der Waals surface area contributed by atoms with Crippen LogP contribution in [0.25, 0.3) is 0 Å². The van der Waals surface area contributed by atoms with Crippen molar-refractivity contribution in [2.24, 2.45) is 0 Å². The standard InChI is InChI=1S/C14H16ClN3O2/c1-3-17(14(19)18-10-12(15)8-16-18)9-11-6-4-5-7-13(11)20-2/h4-8,10H,3,9H2,1-2H3. The van der Waals surface area contributed by atoms with E-state index in [0.717, 1.165) is 11.3 Å². The van der Waals surface area contributed by atoms with Crippen LogP contribution in [0, 0.1) is 0 Å². The summed E-state index contributed by atoms with van der Waals surface area (Å²) in [7, 11) is 1.62. The third kappa shape index (κ3) is 3.11. The molecule has 0 unspecified atom stereocenters. The largest absolute Gasteiger partial charge is 0.496 e. The van der Waals surface area contributed by atoms with Gasteiger partial charge >= 0.3 is 6.03 Å². The minimum absolute atomic E-state index is 0.217. The second-order valence-corrected chi connectivity index (χ2v) is 4.65. The van der Waals surface area contributed by atoms with E-state index in [1.54, 1.807) is 12.0 Å². The van der Waals surface area contributed by atoms with E-state index in [9.17, 15) is 4.79 Å². The monoisotopic (exact) mass is 293 g/mol. The lowest BCUT2D eigenvalue weighted by atomic mass is 10.2. The lowest BCUT2D eigenvalue weighted by molar-refractivity contribution is 0.196. The van der Waals surface area contributed by atoms with Crippen molar-refractivity contribution in [2.45, 2.75) is 13.5 Å². The van der Waals surface area contributed by atoms with Gasteiger partial charge in [-0.3, -0.25) is 0 Å². The number of rotatable bonds is 4. The van der Waals surface area contributed by atoms with E-state index in [1.165, 1.54) is 17.1 Å². The quantitative estimate of drug-likeness (QED) is 0.870. The zero-order valence-corrected chi connectivity index (χ0v) is 12.2. The Morgan fingerprint density at radius 1 is 1.45 bits per heavy atom. The molecule has 0 saturated carbocycles. The fourth-order valence-electron chi connectivity index (χ4n) is 1.90. The van der Waals surface area contributed by atoms with Crippen LogP contribution < -0.4 is 4.74 Å². The molecule has 2 aromatic rings. The number of aromatic nitrogens is 2. The van der Waals surface area contributed by atoms with Gasteiger partial charge in [-0.15, -0.1) is 0 Å². The number of para-hydroxylation sites is 1. The average Bonchev–Trinajstić information content (AvgIpc) is 2.91. The molecule has 0 aliphatic rings.